The van der Waals surface area contributed by atoms with Crippen LogP contribution < -0.4 is 0 Å². The third kappa shape index (κ3) is 0.764. The highest BCUT2D eigenvalue weighted by atomic mass is 16.7. The maximum Gasteiger partial charge on any atom is 0.163 e. The van der Waals surface area contributed by atoms with Crippen molar-refractivity contribution in [2.45, 2.75) is 18.8 Å². The van der Waals surface area contributed by atoms with Crippen molar-refractivity contribution in [1.82, 2.24) is 0 Å². The molecule has 0 aliphatic carbocycles. The van der Waals surface area contributed by atoms with Crippen molar-refractivity contribution in [3.05, 3.63) is 0 Å². The molecule has 0 amide bonds. The Balaban J connectivity index is 2.07. The Kier molecular flexibility index (Phi) is 1.22. The normalized spacial score (nSPS) is 49.7. The first-order valence-electron chi connectivity index (χ1n) is 3.27. The molecule has 1 radical (unpaired) electrons. The Morgan fingerprint density at radius 1 is 1.33 bits per heavy atom. The van der Waals surface area contributed by atoms with Crippen LogP contribution in [0.25, 0.3) is 0 Å². The maximum absolute atomic E-state index is 10.9. The van der Waals surface area contributed by atoms with Crippen molar-refractivity contribution in [3.63, 3.8) is 0 Å². The van der Waals surface area contributed by atoms with E-state index in [4.69, 9.17) is 9.47 Å². The molecule has 2 aliphatic rings. The molecule has 9 heavy (non-hydrogen) atoms. The minimum atomic E-state index is -0.530. The lowest BCUT2D eigenvalue weighted by Gasteiger charge is -2.05. The van der Waals surface area contributed by atoms with Crippen LogP contribution in [0.4, 0.5) is 0 Å². The van der Waals surface area contributed by atoms with Gasteiger partial charge in [-0.1, -0.05) is 0 Å². The van der Waals surface area contributed by atoms with Gasteiger partial charge in [0.25, 0.3) is 0 Å². The van der Waals surface area contributed by atoms with Crippen molar-refractivity contribution in [3.8, 4) is 0 Å². The molecule has 3 unspecified atom stereocenters. The van der Waals surface area contributed by atoms with E-state index in [1.54, 1.807) is 0 Å². The summed E-state index contributed by atoms with van der Waals surface area (Å²) in [5.41, 5.74) is 0. The number of hydrogen-bond acceptors (Lipinski definition) is 2. The molecule has 0 N–H and O–H groups in total. The minimum Gasteiger partial charge on any atom is -0.352 e. The second-order valence-corrected chi connectivity index (χ2v) is 2.56. The van der Waals surface area contributed by atoms with Gasteiger partial charge in [-0.25, -0.2) is 5.11 Å². The van der Waals surface area contributed by atoms with E-state index in [1.165, 1.54) is 0 Å². The largest absolute Gasteiger partial charge is 0.352 e. The lowest BCUT2D eigenvalue weighted by atomic mass is 10.0. The first-order chi connectivity index (χ1) is 4.38. The first-order valence-corrected chi connectivity index (χ1v) is 3.27. The van der Waals surface area contributed by atoms with Crippen LogP contribution in [0.15, 0.2) is 0 Å². The van der Waals surface area contributed by atoms with Gasteiger partial charge in [-0.3, -0.25) is 0 Å². The van der Waals surface area contributed by atoms with Crippen LogP contribution in [0.1, 0.15) is 6.42 Å². The van der Waals surface area contributed by atoms with Crippen molar-refractivity contribution in [1.29, 1.82) is 0 Å². The first kappa shape index (κ1) is 5.65. The third-order valence-corrected chi connectivity index (χ3v) is 1.99. The summed E-state index contributed by atoms with van der Waals surface area (Å²) in [7, 11) is 0. The third-order valence-electron chi connectivity index (χ3n) is 1.99. The average molecular weight is 129 g/mol. The van der Waals surface area contributed by atoms with Crippen LogP contribution in [0.2, 0.25) is 0 Å². The highest BCUT2D eigenvalue weighted by molar-refractivity contribution is 4.81. The molecule has 0 aromatic carbocycles. The van der Waals surface area contributed by atoms with Gasteiger partial charge in [0.2, 0.25) is 0 Å². The smallest absolute Gasteiger partial charge is 0.163 e. The van der Waals surface area contributed by atoms with Gasteiger partial charge in [-0.05, 0) is 6.42 Å². The van der Waals surface area contributed by atoms with E-state index >= 15 is 0 Å². The van der Waals surface area contributed by atoms with Crippen LogP contribution in [-0.4, -0.2) is 25.6 Å². The molecular formula is C6H9O3. The molecule has 0 aromatic heterocycles. The van der Waals surface area contributed by atoms with Crippen LogP contribution >= 0.6 is 0 Å². The zero-order chi connectivity index (χ0) is 6.27. The predicted octanol–water partition coefficient (Wildman–Crippen LogP) is 0.178. The van der Waals surface area contributed by atoms with Gasteiger partial charge in [0, 0.05) is 5.92 Å². The number of fused-ring (bicyclic) bond motifs is 1. The second-order valence-electron chi connectivity index (χ2n) is 2.56. The molecule has 0 saturated carbocycles. The standard InChI is InChI=1S/C6H9O3/c7-5-3-9-6-4(5)1-2-8-6/h4-6H,1-3H2. The Morgan fingerprint density at radius 2 is 2.22 bits per heavy atom. The fraction of sp³-hybridized carbons (Fsp3) is 1.00. The van der Waals surface area contributed by atoms with Gasteiger partial charge in [0.05, 0.1) is 13.2 Å². The zero-order valence-corrected chi connectivity index (χ0v) is 5.08. The van der Waals surface area contributed by atoms with E-state index in [0.717, 1.165) is 6.42 Å². The summed E-state index contributed by atoms with van der Waals surface area (Å²) in [5.74, 6) is 0.144. The van der Waals surface area contributed by atoms with Gasteiger partial charge in [-0.2, -0.15) is 0 Å². The molecule has 3 nitrogen and oxygen atoms in total. The van der Waals surface area contributed by atoms with Crippen LogP contribution in [0.5, 0.6) is 0 Å². The van der Waals surface area contributed by atoms with Crippen molar-refractivity contribution >= 4 is 0 Å². The molecule has 2 rings (SSSR count). The molecule has 0 spiro atoms. The van der Waals surface area contributed by atoms with E-state index in [1.807, 2.05) is 0 Å². The summed E-state index contributed by atoms with van der Waals surface area (Å²) in [6, 6.07) is 0. The van der Waals surface area contributed by atoms with Gasteiger partial charge >= 0.3 is 0 Å². The molecule has 0 aromatic rings. The van der Waals surface area contributed by atoms with E-state index in [2.05, 4.69) is 0 Å². The fourth-order valence-electron chi connectivity index (χ4n) is 1.43. The lowest BCUT2D eigenvalue weighted by Crippen LogP contribution is -2.17. The molecule has 2 aliphatic heterocycles. The molecule has 2 heterocycles. The molecule has 3 heteroatoms. The number of hydrogen-bond donors (Lipinski definition) is 0. The van der Waals surface area contributed by atoms with Gasteiger partial charge < -0.3 is 9.47 Å². The molecular weight excluding hydrogens is 120 g/mol. The van der Waals surface area contributed by atoms with Crippen molar-refractivity contribution < 1.29 is 14.6 Å². The lowest BCUT2D eigenvalue weighted by molar-refractivity contribution is -0.0908. The van der Waals surface area contributed by atoms with Gasteiger partial charge in [0.15, 0.2) is 6.29 Å². The Morgan fingerprint density at radius 3 is 3.00 bits per heavy atom. The van der Waals surface area contributed by atoms with Crippen LogP contribution in [0.3, 0.4) is 0 Å². The molecule has 3 atom stereocenters. The SMILES string of the molecule is [O]C1COC2OCCC12. The Labute approximate surface area is 53.6 Å². The fourth-order valence-corrected chi connectivity index (χ4v) is 1.43. The van der Waals surface area contributed by atoms with Crippen LogP contribution in [-0.2, 0) is 14.6 Å². The molecule has 51 valence electrons. The van der Waals surface area contributed by atoms with Crippen molar-refractivity contribution in [2.75, 3.05) is 13.2 Å². The molecule has 0 bridgehead atoms. The highest BCUT2D eigenvalue weighted by Crippen LogP contribution is 2.30. The van der Waals surface area contributed by atoms with Crippen LogP contribution in [0, 0.1) is 5.92 Å². The van der Waals surface area contributed by atoms with E-state index < -0.39 is 6.10 Å². The van der Waals surface area contributed by atoms with E-state index in [9.17, 15) is 5.11 Å². The minimum absolute atomic E-state index is 0.144. The quantitative estimate of drug-likeness (QED) is 0.468. The second kappa shape index (κ2) is 1.94. The summed E-state index contributed by atoms with van der Waals surface area (Å²) in [5, 5.41) is 10.9. The van der Waals surface area contributed by atoms with Gasteiger partial charge in [0.1, 0.15) is 6.10 Å². The highest BCUT2D eigenvalue weighted by Gasteiger charge is 2.41. The zero-order valence-electron chi connectivity index (χ0n) is 5.08. The Bertz CT molecular complexity index is 115. The average Bonchev–Trinajstić information content (AvgIpc) is 2.35. The van der Waals surface area contributed by atoms with E-state index in [0.29, 0.717) is 13.2 Å². The number of rotatable bonds is 0. The summed E-state index contributed by atoms with van der Waals surface area (Å²) in [4.78, 5) is 0. The van der Waals surface area contributed by atoms with Gasteiger partial charge in [-0.15, -0.1) is 0 Å². The summed E-state index contributed by atoms with van der Waals surface area (Å²) >= 11 is 0. The summed E-state index contributed by atoms with van der Waals surface area (Å²) in [6.45, 7) is 1.05. The summed E-state index contributed by atoms with van der Waals surface area (Å²) < 4.78 is 10.2. The molecule has 2 fully saturated rings. The van der Waals surface area contributed by atoms with E-state index in [-0.39, 0.29) is 12.2 Å². The summed E-state index contributed by atoms with van der Waals surface area (Å²) in [6.07, 6.45) is 0.198. The van der Waals surface area contributed by atoms with Crippen molar-refractivity contribution in [2.24, 2.45) is 5.92 Å². The Hall–Kier alpha value is -0.120. The predicted molar refractivity (Wildman–Crippen MR) is 28.3 cm³/mol. The topological polar surface area (TPSA) is 38.4 Å². The maximum atomic E-state index is 10.9. The monoisotopic (exact) mass is 129 g/mol. The number of ether oxygens (including phenoxy) is 2. The molecule has 2 saturated heterocycles.